The Bertz CT molecular complexity index is 1220. The number of fused-ring (bicyclic) bond motifs is 3. The Labute approximate surface area is 156 Å². The van der Waals surface area contributed by atoms with Crippen LogP contribution in [0.2, 0.25) is 0 Å². The van der Waals surface area contributed by atoms with Gasteiger partial charge in [-0.2, -0.15) is 0 Å². The fourth-order valence-corrected chi connectivity index (χ4v) is 3.35. The number of imidazole rings is 2. The van der Waals surface area contributed by atoms with Gasteiger partial charge in [-0.3, -0.25) is 4.40 Å². The molecule has 2 aromatic carbocycles. The number of pyridine rings is 1. The second-order valence-corrected chi connectivity index (χ2v) is 6.57. The van der Waals surface area contributed by atoms with Crippen molar-refractivity contribution in [3.63, 3.8) is 0 Å². The molecule has 0 bridgehead atoms. The first-order chi connectivity index (χ1) is 13.3. The predicted octanol–water partition coefficient (Wildman–Crippen LogP) is 4.77. The van der Waals surface area contributed by atoms with E-state index in [9.17, 15) is 0 Å². The number of H-pyrrole nitrogens is 1. The first kappa shape index (κ1) is 15.6. The average molecular weight is 354 g/mol. The Morgan fingerprint density at radius 1 is 1.00 bits per heavy atom. The number of aromatic amines is 1. The summed E-state index contributed by atoms with van der Waals surface area (Å²) in [6, 6.07) is 16.6. The van der Waals surface area contributed by atoms with Crippen LogP contribution in [0.25, 0.3) is 27.7 Å². The van der Waals surface area contributed by atoms with Crippen LogP contribution in [0, 0.1) is 6.92 Å². The van der Waals surface area contributed by atoms with Crippen LogP contribution in [0.3, 0.4) is 0 Å². The van der Waals surface area contributed by atoms with Crippen molar-refractivity contribution in [1.29, 1.82) is 0 Å². The van der Waals surface area contributed by atoms with Crippen LogP contribution >= 0.6 is 0 Å². The lowest BCUT2D eigenvalue weighted by molar-refractivity contribution is 0.299. The quantitative estimate of drug-likeness (QED) is 0.506. The molecule has 0 aliphatic carbocycles. The number of ether oxygens (including phenoxy) is 1. The Hall–Kier alpha value is -3.60. The van der Waals surface area contributed by atoms with Gasteiger partial charge in [-0.25, -0.2) is 9.97 Å². The number of nitrogens with zero attached hydrogens (tertiary/aromatic N) is 3. The van der Waals surface area contributed by atoms with Crippen molar-refractivity contribution in [2.24, 2.45) is 0 Å². The standard InChI is InChI=1S/C22H18N4O/c1-15-6-8-16(9-7-15)22-25-12-19-17-4-2-3-5-18(17)20(13-26(19)22)27-14-21-23-10-11-24-21/h2-13H,14H2,1H3,(H,23,24). The van der Waals surface area contributed by atoms with Crippen molar-refractivity contribution in [3.8, 4) is 17.1 Å². The monoisotopic (exact) mass is 354 g/mol. The molecular formula is C22H18N4O. The van der Waals surface area contributed by atoms with Crippen molar-refractivity contribution in [2.75, 3.05) is 0 Å². The van der Waals surface area contributed by atoms with Gasteiger partial charge < -0.3 is 9.72 Å². The lowest BCUT2D eigenvalue weighted by Crippen LogP contribution is -2.00. The second-order valence-electron chi connectivity index (χ2n) is 6.57. The third kappa shape index (κ3) is 2.73. The maximum atomic E-state index is 6.11. The van der Waals surface area contributed by atoms with E-state index < -0.39 is 0 Å². The molecule has 1 N–H and O–H groups in total. The molecule has 0 amide bonds. The fourth-order valence-electron chi connectivity index (χ4n) is 3.35. The van der Waals surface area contributed by atoms with E-state index in [0.29, 0.717) is 6.61 Å². The van der Waals surface area contributed by atoms with E-state index in [1.807, 2.05) is 24.5 Å². The molecule has 132 valence electrons. The molecule has 0 aliphatic heterocycles. The highest BCUT2D eigenvalue weighted by Gasteiger charge is 2.13. The minimum absolute atomic E-state index is 0.386. The zero-order chi connectivity index (χ0) is 18.2. The van der Waals surface area contributed by atoms with Gasteiger partial charge in [0, 0.05) is 28.7 Å². The number of rotatable bonds is 4. The molecule has 5 nitrogen and oxygen atoms in total. The number of hydrogen-bond donors (Lipinski definition) is 1. The zero-order valence-electron chi connectivity index (χ0n) is 14.9. The number of hydrogen-bond acceptors (Lipinski definition) is 3. The molecule has 0 unspecified atom stereocenters. The van der Waals surface area contributed by atoms with Gasteiger partial charge in [-0.15, -0.1) is 0 Å². The fraction of sp³-hybridized carbons (Fsp3) is 0.0909. The molecule has 0 atom stereocenters. The van der Waals surface area contributed by atoms with Crippen molar-refractivity contribution in [2.45, 2.75) is 13.5 Å². The molecule has 0 spiro atoms. The lowest BCUT2D eigenvalue weighted by atomic mass is 10.1. The molecule has 3 heterocycles. The number of benzene rings is 2. The normalized spacial score (nSPS) is 11.3. The van der Waals surface area contributed by atoms with Gasteiger partial charge >= 0.3 is 0 Å². The highest BCUT2D eigenvalue weighted by atomic mass is 16.5. The highest BCUT2D eigenvalue weighted by Crippen LogP contribution is 2.32. The van der Waals surface area contributed by atoms with E-state index in [2.05, 4.69) is 62.7 Å². The van der Waals surface area contributed by atoms with Gasteiger partial charge in [0.2, 0.25) is 0 Å². The van der Waals surface area contributed by atoms with Crippen molar-refractivity contribution in [3.05, 3.63) is 84.7 Å². The molecule has 0 fully saturated rings. The van der Waals surface area contributed by atoms with Crippen LogP contribution < -0.4 is 4.74 Å². The maximum absolute atomic E-state index is 6.11. The largest absolute Gasteiger partial charge is 0.483 e. The Morgan fingerprint density at radius 2 is 1.81 bits per heavy atom. The van der Waals surface area contributed by atoms with E-state index >= 15 is 0 Å². The number of aryl methyl sites for hydroxylation is 1. The van der Waals surface area contributed by atoms with Crippen LogP contribution in [0.1, 0.15) is 11.4 Å². The molecule has 3 aromatic heterocycles. The van der Waals surface area contributed by atoms with E-state index in [1.165, 1.54) is 5.56 Å². The van der Waals surface area contributed by atoms with Gasteiger partial charge in [0.1, 0.15) is 24.0 Å². The minimum atomic E-state index is 0.386. The van der Waals surface area contributed by atoms with Crippen molar-refractivity contribution in [1.82, 2.24) is 19.4 Å². The average Bonchev–Trinajstić information content (AvgIpc) is 3.37. The first-order valence-electron chi connectivity index (χ1n) is 8.86. The molecule has 0 saturated carbocycles. The highest BCUT2D eigenvalue weighted by molar-refractivity contribution is 6.00. The summed E-state index contributed by atoms with van der Waals surface area (Å²) in [5.41, 5.74) is 3.37. The van der Waals surface area contributed by atoms with Gasteiger partial charge in [-0.1, -0.05) is 54.1 Å². The maximum Gasteiger partial charge on any atom is 0.146 e. The molecule has 0 saturated heterocycles. The second kappa shape index (κ2) is 6.29. The summed E-state index contributed by atoms with van der Waals surface area (Å²) in [6.45, 7) is 2.47. The van der Waals surface area contributed by atoms with Gasteiger partial charge in [0.15, 0.2) is 0 Å². The van der Waals surface area contributed by atoms with Crippen LogP contribution in [-0.2, 0) is 6.61 Å². The summed E-state index contributed by atoms with van der Waals surface area (Å²) in [7, 11) is 0. The summed E-state index contributed by atoms with van der Waals surface area (Å²) in [5.74, 6) is 2.50. The molecule has 5 aromatic rings. The Kier molecular flexibility index (Phi) is 3.64. The topological polar surface area (TPSA) is 55.2 Å². The third-order valence-corrected chi connectivity index (χ3v) is 4.74. The van der Waals surface area contributed by atoms with Crippen LogP contribution in [0.15, 0.2) is 73.3 Å². The molecule has 27 heavy (non-hydrogen) atoms. The third-order valence-electron chi connectivity index (χ3n) is 4.74. The van der Waals surface area contributed by atoms with Crippen molar-refractivity contribution < 1.29 is 4.74 Å². The zero-order valence-corrected chi connectivity index (χ0v) is 14.9. The summed E-state index contributed by atoms with van der Waals surface area (Å²) >= 11 is 0. The predicted molar refractivity (Wildman–Crippen MR) is 106 cm³/mol. The Balaban J connectivity index is 1.68. The number of aromatic nitrogens is 4. The smallest absolute Gasteiger partial charge is 0.146 e. The lowest BCUT2D eigenvalue weighted by Gasteiger charge is -2.11. The summed E-state index contributed by atoms with van der Waals surface area (Å²) < 4.78 is 8.21. The minimum Gasteiger partial charge on any atom is -0.483 e. The summed E-state index contributed by atoms with van der Waals surface area (Å²) in [6.07, 6.45) is 7.47. The molecule has 0 radical (unpaired) electrons. The van der Waals surface area contributed by atoms with Crippen molar-refractivity contribution >= 4 is 16.3 Å². The summed E-state index contributed by atoms with van der Waals surface area (Å²) in [4.78, 5) is 12.0. The van der Waals surface area contributed by atoms with E-state index in [-0.39, 0.29) is 0 Å². The van der Waals surface area contributed by atoms with Crippen LogP contribution in [0.4, 0.5) is 0 Å². The van der Waals surface area contributed by atoms with E-state index in [4.69, 9.17) is 4.74 Å². The molecule has 5 heteroatoms. The van der Waals surface area contributed by atoms with E-state index in [1.54, 1.807) is 12.4 Å². The summed E-state index contributed by atoms with van der Waals surface area (Å²) in [5, 5.41) is 2.17. The SMILES string of the molecule is Cc1ccc(-c2ncc3c4ccccc4c(OCc4ncc[nH]4)cn23)cc1. The molecule has 5 rings (SSSR count). The van der Waals surface area contributed by atoms with Gasteiger partial charge in [0.25, 0.3) is 0 Å². The van der Waals surface area contributed by atoms with E-state index in [0.717, 1.165) is 39.3 Å². The van der Waals surface area contributed by atoms with Gasteiger partial charge in [-0.05, 0) is 6.92 Å². The van der Waals surface area contributed by atoms with Gasteiger partial charge in [0.05, 0.1) is 17.9 Å². The van der Waals surface area contributed by atoms with Crippen LogP contribution in [-0.4, -0.2) is 19.4 Å². The number of nitrogens with one attached hydrogen (secondary N) is 1. The molecule has 0 aliphatic rings. The Morgan fingerprint density at radius 3 is 2.59 bits per heavy atom. The molecular weight excluding hydrogens is 336 g/mol. The first-order valence-corrected chi connectivity index (χ1v) is 8.86. The van der Waals surface area contributed by atoms with Crippen LogP contribution in [0.5, 0.6) is 5.75 Å².